The predicted molar refractivity (Wildman–Crippen MR) is 83.3 cm³/mol. The molecule has 0 saturated carbocycles. The van der Waals surface area contributed by atoms with Gasteiger partial charge in [-0.15, -0.1) is 23.1 Å². The van der Waals surface area contributed by atoms with Crippen LogP contribution in [-0.4, -0.2) is 17.0 Å². The molecule has 3 rings (SSSR count). The van der Waals surface area contributed by atoms with Crippen LogP contribution >= 0.6 is 23.1 Å². The van der Waals surface area contributed by atoms with E-state index in [4.69, 9.17) is 0 Å². The zero-order valence-corrected chi connectivity index (χ0v) is 12.6. The molecule has 0 bridgehead atoms. The van der Waals surface area contributed by atoms with E-state index in [9.17, 15) is 5.11 Å². The maximum absolute atomic E-state index is 10.5. The lowest BCUT2D eigenvalue weighted by Gasteiger charge is -2.17. The molecule has 2 heterocycles. The van der Waals surface area contributed by atoms with E-state index in [2.05, 4.69) is 43.3 Å². The van der Waals surface area contributed by atoms with Gasteiger partial charge in [0.1, 0.15) is 0 Å². The van der Waals surface area contributed by atoms with Crippen molar-refractivity contribution in [3.05, 3.63) is 51.7 Å². The standard InChI is InChI=1S/C16H18OS2/c1-2-11-7-8-12(19-11)9-15(17)14-10-18-16-6-4-3-5-13(14)16/h3-8,14-15,17H,2,9-10H2,1H3. The molecule has 1 aliphatic heterocycles. The van der Waals surface area contributed by atoms with Crippen LogP contribution in [0.1, 0.15) is 28.2 Å². The topological polar surface area (TPSA) is 20.2 Å². The first-order valence-corrected chi connectivity index (χ1v) is 8.55. The maximum Gasteiger partial charge on any atom is 0.0665 e. The number of hydrogen-bond donors (Lipinski definition) is 1. The van der Waals surface area contributed by atoms with Gasteiger partial charge in [-0.2, -0.15) is 0 Å². The van der Waals surface area contributed by atoms with Gasteiger partial charge in [-0.1, -0.05) is 25.1 Å². The van der Waals surface area contributed by atoms with Crippen molar-refractivity contribution in [3.8, 4) is 0 Å². The SMILES string of the molecule is CCc1ccc(CC(O)C2CSc3ccccc32)s1. The molecule has 0 amide bonds. The summed E-state index contributed by atoms with van der Waals surface area (Å²) in [6, 6.07) is 12.8. The minimum atomic E-state index is -0.264. The van der Waals surface area contributed by atoms with Gasteiger partial charge in [-0.3, -0.25) is 0 Å². The largest absolute Gasteiger partial charge is 0.392 e. The molecule has 1 aromatic carbocycles. The molecular weight excluding hydrogens is 272 g/mol. The van der Waals surface area contributed by atoms with Crippen molar-refractivity contribution in [1.82, 2.24) is 0 Å². The number of aryl methyl sites for hydroxylation is 1. The fourth-order valence-electron chi connectivity index (χ4n) is 2.58. The van der Waals surface area contributed by atoms with E-state index < -0.39 is 0 Å². The van der Waals surface area contributed by atoms with Crippen LogP contribution < -0.4 is 0 Å². The molecule has 0 radical (unpaired) electrons. The first-order valence-electron chi connectivity index (χ1n) is 6.75. The van der Waals surface area contributed by atoms with Crippen molar-refractivity contribution in [3.63, 3.8) is 0 Å². The van der Waals surface area contributed by atoms with Crippen molar-refractivity contribution in [2.24, 2.45) is 0 Å². The Hall–Kier alpha value is -0.770. The molecule has 19 heavy (non-hydrogen) atoms. The van der Waals surface area contributed by atoms with Crippen LogP contribution in [0.2, 0.25) is 0 Å². The summed E-state index contributed by atoms with van der Waals surface area (Å²) in [6.07, 6.45) is 1.60. The number of thiophene rings is 1. The average Bonchev–Trinajstić information content (AvgIpc) is 3.04. The third-order valence-electron chi connectivity index (χ3n) is 3.68. The van der Waals surface area contributed by atoms with Crippen LogP contribution in [0.5, 0.6) is 0 Å². The molecule has 0 saturated heterocycles. The van der Waals surface area contributed by atoms with Gasteiger partial charge in [-0.05, 0) is 30.2 Å². The molecule has 3 heteroatoms. The molecule has 2 unspecified atom stereocenters. The first-order chi connectivity index (χ1) is 9.28. The monoisotopic (exact) mass is 290 g/mol. The van der Waals surface area contributed by atoms with Gasteiger partial charge in [0.25, 0.3) is 0 Å². The number of benzene rings is 1. The number of thioether (sulfide) groups is 1. The normalized spacial score (nSPS) is 19.4. The second-order valence-corrected chi connectivity index (χ2v) is 7.26. The molecule has 1 aromatic heterocycles. The highest BCUT2D eigenvalue weighted by atomic mass is 32.2. The van der Waals surface area contributed by atoms with Crippen LogP contribution in [0.4, 0.5) is 0 Å². The molecule has 1 aliphatic rings. The molecule has 1 N–H and O–H groups in total. The van der Waals surface area contributed by atoms with E-state index in [0.29, 0.717) is 0 Å². The van der Waals surface area contributed by atoms with Crippen molar-refractivity contribution < 1.29 is 5.11 Å². The fourth-order valence-corrected chi connectivity index (χ4v) is 4.91. The number of aliphatic hydroxyl groups excluding tert-OH is 1. The Morgan fingerprint density at radius 3 is 2.79 bits per heavy atom. The summed E-state index contributed by atoms with van der Waals surface area (Å²) < 4.78 is 0. The Kier molecular flexibility index (Phi) is 3.96. The van der Waals surface area contributed by atoms with E-state index in [1.807, 2.05) is 23.1 Å². The second-order valence-electron chi connectivity index (χ2n) is 4.95. The zero-order chi connectivity index (χ0) is 13.2. The minimum absolute atomic E-state index is 0.264. The van der Waals surface area contributed by atoms with Gasteiger partial charge in [0.2, 0.25) is 0 Å². The Bertz CT molecular complexity index is 561. The predicted octanol–water partition coefficient (Wildman–Crippen LogP) is 4.10. The van der Waals surface area contributed by atoms with Crippen molar-refractivity contribution in [1.29, 1.82) is 0 Å². The Morgan fingerprint density at radius 2 is 2.00 bits per heavy atom. The number of rotatable bonds is 4. The summed E-state index contributed by atoms with van der Waals surface area (Å²) in [6.45, 7) is 2.18. The zero-order valence-electron chi connectivity index (χ0n) is 11.0. The number of hydrogen-bond acceptors (Lipinski definition) is 3. The van der Waals surface area contributed by atoms with Gasteiger partial charge < -0.3 is 5.11 Å². The average molecular weight is 290 g/mol. The third kappa shape index (κ3) is 2.73. The molecule has 0 fully saturated rings. The Labute approximate surface area is 122 Å². The van der Waals surface area contributed by atoms with E-state index in [1.54, 1.807) is 0 Å². The molecule has 0 spiro atoms. The molecular formula is C16H18OS2. The Balaban J connectivity index is 1.73. The number of aliphatic hydroxyl groups is 1. The van der Waals surface area contributed by atoms with Crippen molar-refractivity contribution >= 4 is 23.1 Å². The van der Waals surface area contributed by atoms with Crippen LogP contribution in [0.3, 0.4) is 0 Å². The molecule has 100 valence electrons. The van der Waals surface area contributed by atoms with E-state index in [0.717, 1.165) is 18.6 Å². The van der Waals surface area contributed by atoms with Crippen LogP contribution in [0.25, 0.3) is 0 Å². The molecule has 0 aliphatic carbocycles. The van der Waals surface area contributed by atoms with E-state index in [1.165, 1.54) is 20.2 Å². The highest BCUT2D eigenvalue weighted by molar-refractivity contribution is 7.99. The second kappa shape index (κ2) is 5.70. The van der Waals surface area contributed by atoms with E-state index >= 15 is 0 Å². The highest BCUT2D eigenvalue weighted by Gasteiger charge is 2.29. The van der Waals surface area contributed by atoms with Gasteiger partial charge in [-0.25, -0.2) is 0 Å². The number of fused-ring (bicyclic) bond motifs is 1. The fraction of sp³-hybridized carbons (Fsp3) is 0.375. The summed E-state index contributed by atoms with van der Waals surface area (Å²) in [5.41, 5.74) is 1.33. The lowest BCUT2D eigenvalue weighted by atomic mass is 9.93. The molecule has 2 atom stereocenters. The smallest absolute Gasteiger partial charge is 0.0665 e. The van der Waals surface area contributed by atoms with Crippen LogP contribution in [0, 0.1) is 0 Å². The van der Waals surface area contributed by atoms with Gasteiger partial charge in [0.15, 0.2) is 0 Å². The first kappa shape index (κ1) is 13.2. The van der Waals surface area contributed by atoms with Gasteiger partial charge in [0, 0.05) is 32.7 Å². The summed E-state index contributed by atoms with van der Waals surface area (Å²) in [5, 5.41) is 10.5. The third-order valence-corrected chi connectivity index (χ3v) is 6.14. The lowest BCUT2D eigenvalue weighted by molar-refractivity contribution is 0.152. The van der Waals surface area contributed by atoms with Crippen LogP contribution in [-0.2, 0) is 12.8 Å². The highest BCUT2D eigenvalue weighted by Crippen LogP contribution is 2.41. The van der Waals surface area contributed by atoms with Gasteiger partial charge >= 0.3 is 0 Å². The minimum Gasteiger partial charge on any atom is -0.392 e. The van der Waals surface area contributed by atoms with Crippen LogP contribution in [0.15, 0.2) is 41.3 Å². The molecule has 1 nitrogen and oxygen atoms in total. The summed E-state index contributed by atoms with van der Waals surface area (Å²) in [5.74, 6) is 1.29. The van der Waals surface area contributed by atoms with Gasteiger partial charge in [0.05, 0.1) is 6.10 Å². The van der Waals surface area contributed by atoms with Crippen molar-refractivity contribution in [2.75, 3.05) is 5.75 Å². The lowest BCUT2D eigenvalue weighted by Crippen LogP contribution is -2.20. The Morgan fingerprint density at radius 1 is 1.21 bits per heavy atom. The quantitative estimate of drug-likeness (QED) is 0.914. The van der Waals surface area contributed by atoms with E-state index in [-0.39, 0.29) is 12.0 Å². The summed E-state index contributed by atoms with van der Waals surface area (Å²) >= 11 is 3.70. The maximum atomic E-state index is 10.5. The van der Waals surface area contributed by atoms with Crippen molar-refractivity contribution in [2.45, 2.75) is 36.7 Å². The summed E-state index contributed by atoms with van der Waals surface area (Å²) in [4.78, 5) is 4.05. The molecule has 2 aromatic rings. The summed E-state index contributed by atoms with van der Waals surface area (Å²) in [7, 11) is 0.